The maximum Gasteiger partial charge on any atom is 0.251 e. The highest BCUT2D eigenvalue weighted by atomic mass is 32.2. The lowest BCUT2D eigenvalue weighted by atomic mass is 10.1. The highest BCUT2D eigenvalue weighted by Crippen LogP contribution is 2.30. The van der Waals surface area contributed by atoms with E-state index in [1.165, 1.54) is 17.8 Å². The average molecular weight is 394 g/mol. The van der Waals surface area contributed by atoms with Gasteiger partial charge in [-0.05, 0) is 37.1 Å². The second-order valence-electron chi connectivity index (χ2n) is 6.73. The van der Waals surface area contributed by atoms with Gasteiger partial charge in [0.05, 0.1) is 10.9 Å². The van der Waals surface area contributed by atoms with Crippen LogP contribution in [0, 0.1) is 0 Å². The Morgan fingerprint density at radius 1 is 0.964 bits per heavy atom. The summed E-state index contributed by atoms with van der Waals surface area (Å²) in [6.45, 7) is 5.79. The summed E-state index contributed by atoms with van der Waals surface area (Å²) in [7, 11) is 0. The first kappa shape index (κ1) is 19.9. The Bertz CT molecular complexity index is 948. The number of amides is 1. The summed E-state index contributed by atoms with van der Waals surface area (Å²) < 4.78 is 0. The number of nitrogens with one attached hydrogen (secondary N) is 1. The molecule has 1 aromatic heterocycles. The molecule has 0 aliphatic carbocycles. The first-order valence-electron chi connectivity index (χ1n) is 9.17. The monoisotopic (exact) mass is 393 g/mol. The molecule has 3 aromatic rings. The Morgan fingerprint density at radius 2 is 1.50 bits per heavy atom. The van der Waals surface area contributed by atoms with Crippen molar-refractivity contribution in [2.75, 3.05) is 4.90 Å². The lowest BCUT2D eigenvalue weighted by Crippen LogP contribution is -2.33. The van der Waals surface area contributed by atoms with Gasteiger partial charge in [0.25, 0.3) is 5.56 Å². The topological polar surface area (TPSA) is 66.1 Å². The van der Waals surface area contributed by atoms with Gasteiger partial charge in [-0.2, -0.15) is 0 Å². The van der Waals surface area contributed by atoms with Crippen LogP contribution in [0.2, 0.25) is 0 Å². The lowest BCUT2D eigenvalue weighted by molar-refractivity contribution is -0.117. The maximum absolute atomic E-state index is 13.3. The highest BCUT2D eigenvalue weighted by molar-refractivity contribution is 8.00. The van der Waals surface area contributed by atoms with Crippen molar-refractivity contribution in [2.45, 2.75) is 37.1 Å². The average Bonchev–Trinajstić information content (AvgIpc) is 2.69. The van der Waals surface area contributed by atoms with Gasteiger partial charge < -0.3 is 4.98 Å². The number of hydrogen-bond acceptors (Lipinski definition) is 4. The fraction of sp³-hybridized carbons (Fsp3) is 0.227. The number of aromatic nitrogens is 2. The number of anilines is 2. The normalized spacial score (nSPS) is 12.0. The number of benzene rings is 2. The van der Waals surface area contributed by atoms with Gasteiger partial charge in [0.2, 0.25) is 5.91 Å². The van der Waals surface area contributed by atoms with Crippen molar-refractivity contribution in [1.82, 2.24) is 9.97 Å². The first-order chi connectivity index (χ1) is 13.5. The minimum Gasteiger partial charge on any atom is -0.301 e. The van der Waals surface area contributed by atoms with Gasteiger partial charge in [-0.15, -0.1) is 0 Å². The molecule has 28 heavy (non-hydrogen) atoms. The van der Waals surface area contributed by atoms with E-state index < -0.39 is 5.25 Å². The fourth-order valence-electron chi connectivity index (χ4n) is 2.76. The van der Waals surface area contributed by atoms with Crippen LogP contribution in [0.4, 0.5) is 11.4 Å². The molecule has 0 saturated carbocycles. The number of hydrogen-bond donors (Lipinski definition) is 1. The van der Waals surface area contributed by atoms with Gasteiger partial charge in [0.1, 0.15) is 0 Å². The molecule has 0 aliphatic heterocycles. The van der Waals surface area contributed by atoms with Crippen molar-refractivity contribution in [3.8, 4) is 0 Å². The van der Waals surface area contributed by atoms with Gasteiger partial charge in [-0.1, -0.05) is 62.0 Å². The predicted molar refractivity (Wildman–Crippen MR) is 114 cm³/mol. The first-order valence-corrected chi connectivity index (χ1v) is 10.1. The number of carbonyl (C=O) groups excluding carboxylic acids is 1. The zero-order valence-corrected chi connectivity index (χ0v) is 16.9. The van der Waals surface area contributed by atoms with E-state index in [9.17, 15) is 9.59 Å². The Morgan fingerprint density at radius 3 is 2.00 bits per heavy atom. The lowest BCUT2D eigenvalue weighted by Gasteiger charge is -2.25. The molecule has 1 unspecified atom stereocenters. The quantitative estimate of drug-likeness (QED) is 0.485. The third-order valence-corrected chi connectivity index (χ3v) is 5.19. The minimum absolute atomic E-state index is 0.0833. The third-order valence-electron chi connectivity index (χ3n) is 4.22. The summed E-state index contributed by atoms with van der Waals surface area (Å²) in [4.78, 5) is 34.2. The molecule has 0 radical (unpaired) electrons. The second-order valence-corrected chi connectivity index (χ2v) is 8.06. The van der Waals surface area contributed by atoms with Crippen molar-refractivity contribution >= 4 is 29.0 Å². The van der Waals surface area contributed by atoms with E-state index in [-0.39, 0.29) is 17.4 Å². The van der Waals surface area contributed by atoms with E-state index in [1.807, 2.05) is 81.4 Å². The Balaban J connectivity index is 1.90. The number of rotatable bonds is 6. The molecule has 0 saturated heterocycles. The summed E-state index contributed by atoms with van der Waals surface area (Å²) >= 11 is 1.26. The van der Waals surface area contributed by atoms with Crippen LogP contribution < -0.4 is 10.5 Å². The zero-order valence-electron chi connectivity index (χ0n) is 16.1. The minimum atomic E-state index is -0.439. The van der Waals surface area contributed by atoms with E-state index in [1.54, 1.807) is 4.90 Å². The van der Waals surface area contributed by atoms with Gasteiger partial charge >= 0.3 is 0 Å². The number of aromatic amines is 1. The molecule has 1 heterocycles. The Labute approximate surface area is 168 Å². The van der Waals surface area contributed by atoms with Gasteiger partial charge in [0.15, 0.2) is 5.16 Å². The number of carbonyl (C=O) groups is 1. The van der Waals surface area contributed by atoms with Crippen molar-refractivity contribution in [1.29, 1.82) is 0 Å². The van der Waals surface area contributed by atoms with Crippen LogP contribution >= 0.6 is 11.8 Å². The highest BCUT2D eigenvalue weighted by Gasteiger charge is 2.25. The van der Waals surface area contributed by atoms with Crippen molar-refractivity contribution in [3.63, 3.8) is 0 Å². The maximum atomic E-state index is 13.3. The fourth-order valence-corrected chi connectivity index (χ4v) is 3.62. The largest absolute Gasteiger partial charge is 0.301 e. The molecule has 6 heteroatoms. The van der Waals surface area contributed by atoms with Crippen LogP contribution in [0.1, 0.15) is 32.4 Å². The standard InChI is InChI=1S/C22H23N3O2S/c1-15(2)19-14-20(26)24-22(23-19)28-16(3)21(27)25(17-10-6-4-7-11-17)18-12-8-5-9-13-18/h4-16H,1-3H3,(H,23,24,26). The molecule has 2 aromatic carbocycles. The van der Waals surface area contributed by atoms with Crippen LogP contribution in [-0.4, -0.2) is 21.1 Å². The van der Waals surface area contributed by atoms with Crippen molar-refractivity contribution < 1.29 is 4.79 Å². The Kier molecular flexibility index (Phi) is 6.31. The summed E-state index contributed by atoms with van der Waals surface area (Å²) in [5, 5.41) is 0.0177. The number of thioether (sulfide) groups is 1. The summed E-state index contributed by atoms with van der Waals surface area (Å²) in [5.74, 6) is 0.0535. The summed E-state index contributed by atoms with van der Waals surface area (Å²) in [6, 6.07) is 20.6. The molecule has 3 rings (SSSR count). The van der Waals surface area contributed by atoms with Crippen LogP contribution in [0.25, 0.3) is 0 Å². The molecule has 0 fully saturated rings. The molecule has 0 bridgehead atoms. The molecular formula is C22H23N3O2S. The zero-order chi connectivity index (χ0) is 20.1. The number of nitrogens with zero attached hydrogens (tertiary/aromatic N) is 2. The third kappa shape index (κ3) is 4.70. The smallest absolute Gasteiger partial charge is 0.251 e. The van der Waals surface area contributed by atoms with Crippen LogP contribution in [0.3, 0.4) is 0 Å². The van der Waals surface area contributed by atoms with E-state index in [4.69, 9.17) is 0 Å². The van der Waals surface area contributed by atoms with Crippen LogP contribution in [-0.2, 0) is 4.79 Å². The number of para-hydroxylation sites is 2. The predicted octanol–water partition coefficient (Wildman–Crippen LogP) is 4.74. The molecule has 0 spiro atoms. The molecule has 1 amide bonds. The van der Waals surface area contributed by atoms with Gasteiger partial charge in [-0.25, -0.2) is 4.98 Å². The van der Waals surface area contributed by atoms with Crippen molar-refractivity contribution in [3.05, 3.63) is 82.8 Å². The molecule has 0 aliphatic rings. The second kappa shape index (κ2) is 8.89. The molecule has 1 N–H and O–H groups in total. The molecule has 5 nitrogen and oxygen atoms in total. The van der Waals surface area contributed by atoms with E-state index in [0.717, 1.165) is 11.4 Å². The molecular weight excluding hydrogens is 370 g/mol. The van der Waals surface area contributed by atoms with E-state index in [0.29, 0.717) is 10.9 Å². The van der Waals surface area contributed by atoms with Crippen LogP contribution in [0.15, 0.2) is 76.7 Å². The van der Waals surface area contributed by atoms with Gasteiger partial charge in [0, 0.05) is 17.4 Å². The Hall–Kier alpha value is -2.86. The van der Waals surface area contributed by atoms with E-state index in [2.05, 4.69) is 9.97 Å². The van der Waals surface area contributed by atoms with Crippen molar-refractivity contribution in [2.24, 2.45) is 0 Å². The summed E-state index contributed by atoms with van der Waals surface area (Å²) in [5.41, 5.74) is 2.10. The molecule has 1 atom stereocenters. The summed E-state index contributed by atoms with van der Waals surface area (Å²) in [6.07, 6.45) is 0. The SMILES string of the molecule is CC(Sc1nc(C(C)C)cc(=O)[nH]1)C(=O)N(c1ccccc1)c1ccccc1. The van der Waals surface area contributed by atoms with Crippen LogP contribution in [0.5, 0.6) is 0 Å². The van der Waals surface area contributed by atoms with E-state index >= 15 is 0 Å². The molecule has 144 valence electrons. The number of H-pyrrole nitrogens is 1. The van der Waals surface area contributed by atoms with Gasteiger partial charge in [-0.3, -0.25) is 14.5 Å².